The van der Waals surface area contributed by atoms with E-state index >= 15 is 0 Å². The molecular weight excluding hydrogens is 574 g/mol. The lowest BCUT2D eigenvalue weighted by atomic mass is 10.00. The third kappa shape index (κ3) is 3.57. The van der Waals surface area contributed by atoms with Gasteiger partial charge in [0, 0.05) is 32.5 Å². The molecule has 7 aromatic carbocycles. The Morgan fingerprint density at radius 2 is 1.06 bits per heavy atom. The van der Waals surface area contributed by atoms with Crippen molar-refractivity contribution in [2.75, 3.05) is 0 Å². The first-order chi connectivity index (χ1) is 23.3. The predicted molar refractivity (Wildman–Crippen MR) is 193 cm³/mol. The van der Waals surface area contributed by atoms with E-state index in [0.29, 0.717) is 5.56 Å². The van der Waals surface area contributed by atoms with Crippen LogP contribution in [0.25, 0.3) is 88.1 Å². The lowest BCUT2D eigenvalue weighted by Crippen LogP contribution is -2.00. The van der Waals surface area contributed by atoms with Crippen molar-refractivity contribution in [3.05, 3.63) is 157 Å². The Morgan fingerprint density at radius 1 is 0.468 bits per heavy atom. The minimum absolute atomic E-state index is 0.620. The molecular formula is C43H25N3O. The Kier molecular flexibility index (Phi) is 5.32. The molecule has 0 saturated carbocycles. The number of aromatic nitrogens is 2. The number of nitriles is 1. The summed E-state index contributed by atoms with van der Waals surface area (Å²) in [5.41, 5.74) is 10.7. The van der Waals surface area contributed by atoms with Gasteiger partial charge in [0.05, 0.1) is 44.4 Å². The second kappa shape index (κ2) is 9.71. The van der Waals surface area contributed by atoms with Crippen molar-refractivity contribution >= 4 is 65.6 Å². The third-order valence-corrected chi connectivity index (χ3v) is 9.57. The Morgan fingerprint density at radius 3 is 1.81 bits per heavy atom. The fraction of sp³-hybridized carbons (Fsp3) is 0. The quantitative estimate of drug-likeness (QED) is 0.203. The van der Waals surface area contributed by atoms with Crippen LogP contribution in [0.5, 0.6) is 0 Å². The molecule has 10 aromatic rings. The van der Waals surface area contributed by atoms with Gasteiger partial charge in [-0.2, -0.15) is 5.26 Å². The highest BCUT2D eigenvalue weighted by Crippen LogP contribution is 2.42. The lowest BCUT2D eigenvalue weighted by molar-refractivity contribution is 0.673. The maximum absolute atomic E-state index is 10.6. The minimum Gasteiger partial charge on any atom is -0.455 e. The van der Waals surface area contributed by atoms with E-state index in [-0.39, 0.29) is 0 Å². The Labute approximate surface area is 269 Å². The molecule has 0 radical (unpaired) electrons. The van der Waals surface area contributed by atoms with E-state index in [4.69, 9.17) is 4.42 Å². The summed E-state index contributed by atoms with van der Waals surface area (Å²) in [6.07, 6.45) is 0. The zero-order chi connectivity index (χ0) is 31.1. The fourth-order valence-electron chi connectivity index (χ4n) is 7.58. The number of fused-ring (bicyclic) bond motifs is 10. The Hall–Kier alpha value is -6.57. The van der Waals surface area contributed by atoms with Gasteiger partial charge in [-0.15, -0.1) is 0 Å². The van der Waals surface area contributed by atoms with Crippen LogP contribution in [0.3, 0.4) is 0 Å². The van der Waals surface area contributed by atoms with E-state index in [1.54, 1.807) is 0 Å². The first-order valence-corrected chi connectivity index (χ1v) is 15.8. The Bertz CT molecular complexity index is 2880. The van der Waals surface area contributed by atoms with Gasteiger partial charge in [-0.1, -0.05) is 97.1 Å². The van der Waals surface area contributed by atoms with Gasteiger partial charge in [0.2, 0.25) is 0 Å². The van der Waals surface area contributed by atoms with Gasteiger partial charge in [-0.05, 0) is 60.2 Å². The van der Waals surface area contributed by atoms with E-state index in [1.165, 1.54) is 10.8 Å². The van der Waals surface area contributed by atoms with Crippen LogP contribution in [-0.4, -0.2) is 9.13 Å². The van der Waals surface area contributed by atoms with Crippen LogP contribution in [0.15, 0.2) is 156 Å². The number of hydrogen-bond donors (Lipinski definition) is 0. The minimum atomic E-state index is 0.620. The zero-order valence-electron chi connectivity index (χ0n) is 25.2. The van der Waals surface area contributed by atoms with Crippen molar-refractivity contribution in [2.45, 2.75) is 0 Å². The van der Waals surface area contributed by atoms with Gasteiger partial charge in [-0.25, -0.2) is 0 Å². The van der Waals surface area contributed by atoms with Crippen LogP contribution in [0.1, 0.15) is 5.56 Å². The number of nitrogens with zero attached hydrogens (tertiary/aromatic N) is 3. The lowest BCUT2D eigenvalue weighted by Gasteiger charge is -2.16. The number of para-hydroxylation sites is 5. The molecule has 3 aromatic heterocycles. The Balaban J connectivity index is 1.22. The first-order valence-electron chi connectivity index (χ1n) is 15.8. The predicted octanol–water partition coefficient (Wildman–Crippen LogP) is 11.3. The van der Waals surface area contributed by atoms with Gasteiger partial charge >= 0.3 is 0 Å². The van der Waals surface area contributed by atoms with Gasteiger partial charge in [0.1, 0.15) is 17.2 Å². The van der Waals surface area contributed by atoms with Crippen LogP contribution in [0.4, 0.5) is 0 Å². The average Bonchev–Trinajstić information content (AvgIpc) is 3.79. The molecule has 3 heterocycles. The summed E-state index contributed by atoms with van der Waals surface area (Å²) in [5, 5.41) is 17.4. The molecule has 0 bridgehead atoms. The number of rotatable bonds is 3. The van der Waals surface area contributed by atoms with Gasteiger partial charge in [0.15, 0.2) is 0 Å². The number of hydrogen-bond acceptors (Lipinski definition) is 2. The summed E-state index contributed by atoms with van der Waals surface area (Å²) in [6.45, 7) is 0. The molecule has 0 N–H and O–H groups in total. The van der Waals surface area contributed by atoms with E-state index in [9.17, 15) is 5.26 Å². The van der Waals surface area contributed by atoms with Crippen molar-refractivity contribution in [1.29, 1.82) is 5.26 Å². The van der Waals surface area contributed by atoms with Gasteiger partial charge in [-0.3, -0.25) is 0 Å². The van der Waals surface area contributed by atoms with Crippen LogP contribution < -0.4 is 0 Å². The van der Waals surface area contributed by atoms with E-state index in [0.717, 1.165) is 77.3 Å². The SMILES string of the molecule is N#Cc1cc(-c2ccccc2-n2c3ccccc3c3c4oc5ccccc5c4ccc32)ccc1-n1c2ccccc2c2ccccc21. The first kappa shape index (κ1) is 25.7. The maximum Gasteiger partial charge on any atom is 0.145 e. The normalized spacial score (nSPS) is 11.8. The molecule has 4 heteroatoms. The number of furan rings is 1. The monoisotopic (exact) mass is 599 g/mol. The molecule has 0 aliphatic heterocycles. The van der Waals surface area contributed by atoms with Crippen LogP contribution in [0, 0.1) is 11.3 Å². The van der Waals surface area contributed by atoms with Crippen LogP contribution >= 0.6 is 0 Å². The summed E-state index contributed by atoms with van der Waals surface area (Å²) in [4.78, 5) is 0. The smallest absolute Gasteiger partial charge is 0.145 e. The molecule has 47 heavy (non-hydrogen) atoms. The molecule has 0 atom stereocenters. The third-order valence-electron chi connectivity index (χ3n) is 9.57. The summed E-state index contributed by atoms with van der Waals surface area (Å²) in [5.74, 6) is 0. The van der Waals surface area contributed by atoms with Gasteiger partial charge in [0.25, 0.3) is 0 Å². The van der Waals surface area contributed by atoms with Crippen molar-refractivity contribution < 1.29 is 4.42 Å². The molecule has 0 spiro atoms. The molecule has 0 fully saturated rings. The van der Waals surface area contributed by atoms with E-state index in [2.05, 4.69) is 149 Å². The summed E-state index contributed by atoms with van der Waals surface area (Å²) < 4.78 is 11.1. The zero-order valence-corrected chi connectivity index (χ0v) is 25.2. The van der Waals surface area contributed by atoms with E-state index < -0.39 is 0 Å². The number of benzene rings is 7. The van der Waals surface area contributed by atoms with Crippen LogP contribution in [-0.2, 0) is 0 Å². The molecule has 4 nitrogen and oxygen atoms in total. The molecule has 0 amide bonds. The molecule has 0 unspecified atom stereocenters. The van der Waals surface area contributed by atoms with Crippen molar-refractivity contribution in [2.24, 2.45) is 0 Å². The van der Waals surface area contributed by atoms with E-state index in [1.807, 2.05) is 18.2 Å². The van der Waals surface area contributed by atoms with Crippen molar-refractivity contribution in [1.82, 2.24) is 9.13 Å². The molecule has 0 saturated heterocycles. The topological polar surface area (TPSA) is 46.8 Å². The molecule has 0 aliphatic carbocycles. The highest BCUT2D eigenvalue weighted by molar-refractivity contribution is 6.24. The summed E-state index contributed by atoms with van der Waals surface area (Å²) in [7, 11) is 0. The maximum atomic E-state index is 10.6. The largest absolute Gasteiger partial charge is 0.455 e. The second-order valence-electron chi connectivity index (χ2n) is 12.0. The summed E-state index contributed by atoms with van der Waals surface area (Å²) in [6, 6.07) is 55.2. The highest BCUT2D eigenvalue weighted by Gasteiger charge is 2.21. The van der Waals surface area contributed by atoms with Crippen molar-refractivity contribution in [3.8, 4) is 28.6 Å². The van der Waals surface area contributed by atoms with Gasteiger partial charge < -0.3 is 13.6 Å². The standard InChI is InChI=1S/C43H25N3O/c44-26-28-25-27(21-23-35(28)45-37-17-7-2-12-30(37)31-13-3-8-18-38(31)45)29-11-1-6-16-36(29)46-39-19-9-4-15-34(39)42-40(46)24-22-33-32-14-5-10-20-41(32)47-43(33)42/h1-25H. The second-order valence-corrected chi connectivity index (χ2v) is 12.0. The highest BCUT2D eigenvalue weighted by atomic mass is 16.3. The fourth-order valence-corrected chi connectivity index (χ4v) is 7.58. The van der Waals surface area contributed by atoms with Crippen molar-refractivity contribution in [3.63, 3.8) is 0 Å². The molecule has 10 rings (SSSR count). The average molecular weight is 600 g/mol. The molecule has 218 valence electrons. The van der Waals surface area contributed by atoms with Crippen LogP contribution in [0.2, 0.25) is 0 Å². The summed E-state index contributed by atoms with van der Waals surface area (Å²) >= 11 is 0. The molecule has 0 aliphatic rings.